The molecule has 0 amide bonds. The van der Waals surface area contributed by atoms with Crippen molar-refractivity contribution in [1.82, 2.24) is 15.5 Å². The molecule has 0 radical (unpaired) electrons. The highest BCUT2D eigenvalue weighted by Gasteiger charge is 2.18. The molecule has 1 heterocycles. The average Bonchev–Trinajstić information content (AvgIpc) is 3.26. The number of nitrogens with one attached hydrogen (secondary N) is 2. The first-order chi connectivity index (χ1) is 14.3. The molecule has 1 aromatic rings. The van der Waals surface area contributed by atoms with Gasteiger partial charge in [0.15, 0.2) is 17.5 Å². The number of nitrogens with zero attached hydrogens (tertiary/aromatic N) is 2. The highest BCUT2D eigenvalue weighted by Crippen LogP contribution is 2.32. The number of morpholine rings is 1. The van der Waals surface area contributed by atoms with E-state index in [-0.39, 0.29) is 24.0 Å². The van der Waals surface area contributed by atoms with Gasteiger partial charge in [0, 0.05) is 32.7 Å². The van der Waals surface area contributed by atoms with Crippen LogP contribution >= 0.6 is 24.0 Å². The Morgan fingerprint density at radius 1 is 1.17 bits per heavy atom. The first kappa shape index (κ1) is 25.0. The molecule has 1 aliphatic heterocycles. The summed E-state index contributed by atoms with van der Waals surface area (Å²) in [6, 6.07) is 6.10. The number of rotatable bonds is 9. The van der Waals surface area contributed by atoms with Gasteiger partial charge in [-0.3, -0.25) is 4.90 Å². The molecule has 2 fully saturated rings. The third kappa shape index (κ3) is 8.11. The maximum absolute atomic E-state index is 6.20. The van der Waals surface area contributed by atoms with Crippen molar-refractivity contribution in [2.24, 2.45) is 4.99 Å². The summed E-state index contributed by atoms with van der Waals surface area (Å²) in [5.41, 5.74) is 1.11. The Kier molecular flexibility index (Phi) is 11.6. The monoisotopic (exact) mass is 532 g/mol. The molecule has 170 valence electrons. The predicted octanol–water partition coefficient (Wildman–Crippen LogP) is 3.02. The smallest absolute Gasteiger partial charge is 0.191 e. The van der Waals surface area contributed by atoms with Crippen LogP contribution in [0.5, 0.6) is 11.5 Å². The molecule has 0 atom stereocenters. The molecule has 3 rings (SSSR count). The summed E-state index contributed by atoms with van der Waals surface area (Å²) in [6.45, 7) is 9.05. The zero-order chi connectivity index (χ0) is 20.3. The van der Waals surface area contributed by atoms with Crippen LogP contribution in [0.1, 0.15) is 38.2 Å². The van der Waals surface area contributed by atoms with Crippen molar-refractivity contribution in [3.63, 3.8) is 0 Å². The molecule has 0 unspecified atom stereocenters. The van der Waals surface area contributed by atoms with Gasteiger partial charge < -0.3 is 24.8 Å². The van der Waals surface area contributed by atoms with Gasteiger partial charge in [0.25, 0.3) is 0 Å². The van der Waals surface area contributed by atoms with E-state index in [4.69, 9.17) is 19.2 Å². The van der Waals surface area contributed by atoms with E-state index >= 15 is 0 Å². The third-order valence-electron chi connectivity index (χ3n) is 5.41. The number of hydrogen-bond acceptors (Lipinski definition) is 5. The van der Waals surface area contributed by atoms with Crippen LogP contribution in [-0.2, 0) is 11.3 Å². The Hall–Kier alpha value is -1.26. The molecular formula is C22H37IN4O3. The predicted molar refractivity (Wildman–Crippen MR) is 131 cm³/mol. The van der Waals surface area contributed by atoms with Crippen molar-refractivity contribution in [1.29, 1.82) is 0 Å². The van der Waals surface area contributed by atoms with Gasteiger partial charge in [0.05, 0.1) is 33.0 Å². The van der Waals surface area contributed by atoms with Crippen LogP contribution in [0.15, 0.2) is 23.2 Å². The summed E-state index contributed by atoms with van der Waals surface area (Å²) in [6.07, 6.45) is 5.06. The van der Waals surface area contributed by atoms with E-state index in [0.29, 0.717) is 12.6 Å². The van der Waals surface area contributed by atoms with Crippen molar-refractivity contribution < 1.29 is 14.2 Å². The lowest BCUT2D eigenvalue weighted by Gasteiger charge is -2.26. The minimum Gasteiger partial charge on any atom is -0.493 e. The molecule has 30 heavy (non-hydrogen) atoms. The van der Waals surface area contributed by atoms with Crippen molar-refractivity contribution in [2.45, 2.75) is 45.3 Å². The SMILES string of the molecule is CCNC(=NCc1ccc(OC)c(OC2CCCC2)c1)NCCN1CCOCC1.I. The molecule has 1 saturated heterocycles. The van der Waals surface area contributed by atoms with Crippen LogP contribution in [0.3, 0.4) is 0 Å². The average molecular weight is 532 g/mol. The number of benzene rings is 1. The largest absolute Gasteiger partial charge is 0.493 e. The lowest BCUT2D eigenvalue weighted by molar-refractivity contribution is 0.0389. The Bertz CT molecular complexity index is 647. The molecule has 2 aliphatic rings. The van der Waals surface area contributed by atoms with Crippen molar-refractivity contribution >= 4 is 29.9 Å². The molecule has 0 spiro atoms. The zero-order valence-corrected chi connectivity index (χ0v) is 20.7. The number of halogens is 1. The summed E-state index contributed by atoms with van der Waals surface area (Å²) in [4.78, 5) is 7.16. The van der Waals surface area contributed by atoms with Crippen LogP contribution < -0.4 is 20.1 Å². The molecule has 1 saturated carbocycles. The Morgan fingerprint density at radius 3 is 2.63 bits per heavy atom. The van der Waals surface area contributed by atoms with Crippen LogP contribution in [0.25, 0.3) is 0 Å². The lowest BCUT2D eigenvalue weighted by Crippen LogP contribution is -2.44. The van der Waals surface area contributed by atoms with Crippen LogP contribution in [0, 0.1) is 0 Å². The lowest BCUT2D eigenvalue weighted by atomic mass is 10.2. The fraction of sp³-hybridized carbons (Fsp3) is 0.682. The zero-order valence-electron chi connectivity index (χ0n) is 18.3. The maximum Gasteiger partial charge on any atom is 0.191 e. The van der Waals surface area contributed by atoms with Gasteiger partial charge in [-0.1, -0.05) is 6.07 Å². The summed E-state index contributed by atoms with van der Waals surface area (Å²) >= 11 is 0. The minimum absolute atomic E-state index is 0. The number of guanidine groups is 1. The van der Waals surface area contributed by atoms with E-state index in [9.17, 15) is 0 Å². The highest BCUT2D eigenvalue weighted by atomic mass is 127. The second-order valence-electron chi connectivity index (χ2n) is 7.59. The minimum atomic E-state index is 0. The van der Waals surface area contributed by atoms with E-state index in [1.165, 1.54) is 12.8 Å². The Morgan fingerprint density at radius 2 is 1.93 bits per heavy atom. The fourth-order valence-electron chi connectivity index (χ4n) is 3.77. The normalized spacial score (nSPS) is 18.0. The van der Waals surface area contributed by atoms with E-state index in [1.807, 2.05) is 6.07 Å². The first-order valence-electron chi connectivity index (χ1n) is 10.9. The molecule has 1 aromatic carbocycles. The van der Waals surface area contributed by atoms with Gasteiger partial charge >= 0.3 is 0 Å². The van der Waals surface area contributed by atoms with E-state index in [0.717, 1.165) is 81.8 Å². The second-order valence-corrected chi connectivity index (χ2v) is 7.59. The van der Waals surface area contributed by atoms with Crippen LogP contribution in [0.2, 0.25) is 0 Å². The first-order valence-corrected chi connectivity index (χ1v) is 10.9. The maximum atomic E-state index is 6.20. The van der Waals surface area contributed by atoms with Gasteiger partial charge in [-0.25, -0.2) is 4.99 Å². The van der Waals surface area contributed by atoms with Crippen molar-refractivity contribution in [3.05, 3.63) is 23.8 Å². The number of aliphatic imine (C=N–C) groups is 1. The highest BCUT2D eigenvalue weighted by molar-refractivity contribution is 14.0. The van der Waals surface area contributed by atoms with Gasteiger partial charge in [0.2, 0.25) is 0 Å². The summed E-state index contributed by atoms with van der Waals surface area (Å²) in [5.74, 6) is 2.47. The molecule has 8 heteroatoms. The van der Waals surface area contributed by atoms with Crippen molar-refractivity contribution in [2.75, 3.05) is 53.0 Å². The van der Waals surface area contributed by atoms with Crippen LogP contribution in [0.4, 0.5) is 0 Å². The van der Waals surface area contributed by atoms with Gasteiger partial charge in [0.1, 0.15) is 0 Å². The molecule has 0 aromatic heterocycles. The van der Waals surface area contributed by atoms with Gasteiger partial charge in [-0.2, -0.15) is 0 Å². The molecular weight excluding hydrogens is 495 g/mol. The number of methoxy groups -OCH3 is 1. The number of hydrogen-bond donors (Lipinski definition) is 2. The molecule has 1 aliphatic carbocycles. The van der Waals surface area contributed by atoms with E-state index < -0.39 is 0 Å². The summed E-state index contributed by atoms with van der Waals surface area (Å²) in [7, 11) is 1.69. The van der Waals surface area contributed by atoms with E-state index in [1.54, 1.807) is 7.11 Å². The third-order valence-corrected chi connectivity index (χ3v) is 5.41. The molecule has 2 N–H and O–H groups in total. The van der Waals surface area contributed by atoms with Gasteiger partial charge in [-0.05, 0) is 50.3 Å². The standard InChI is InChI=1S/C22H36N4O3.HI/c1-3-23-22(24-10-11-26-12-14-28-15-13-26)25-17-18-8-9-20(27-2)21(16-18)29-19-6-4-5-7-19;/h8-9,16,19H,3-7,10-15,17H2,1-2H3,(H2,23,24,25);1H. The summed E-state index contributed by atoms with van der Waals surface area (Å²) in [5, 5.41) is 6.76. The van der Waals surface area contributed by atoms with Crippen molar-refractivity contribution in [3.8, 4) is 11.5 Å². The van der Waals surface area contributed by atoms with Gasteiger partial charge in [-0.15, -0.1) is 24.0 Å². The Balaban J connectivity index is 0.00000320. The Labute approximate surface area is 197 Å². The quantitative estimate of drug-likeness (QED) is 0.290. The fourth-order valence-corrected chi connectivity index (χ4v) is 3.77. The van der Waals surface area contributed by atoms with E-state index in [2.05, 4.69) is 34.6 Å². The molecule has 0 bridgehead atoms. The van der Waals surface area contributed by atoms with Crippen LogP contribution in [-0.4, -0.2) is 70.0 Å². The molecule has 7 nitrogen and oxygen atoms in total. The topological polar surface area (TPSA) is 67.4 Å². The second kappa shape index (κ2) is 13.9. The summed E-state index contributed by atoms with van der Waals surface area (Å²) < 4.78 is 17.1. The number of ether oxygens (including phenoxy) is 3.